The fourth-order valence-corrected chi connectivity index (χ4v) is 3.48. The smallest absolute Gasteiger partial charge is 0.306 e. The number of aliphatic carboxylic acids is 1. The highest BCUT2D eigenvalue weighted by molar-refractivity contribution is 5.80. The Hall–Kier alpha value is -1.92. The Bertz CT molecular complexity index is 576. The van der Waals surface area contributed by atoms with Gasteiger partial charge in [-0.2, -0.15) is 0 Å². The number of carboxylic acid groups (broad SMARTS) is 1. The summed E-state index contributed by atoms with van der Waals surface area (Å²) in [6.45, 7) is 1.89. The molecule has 1 aromatic carbocycles. The van der Waals surface area contributed by atoms with Crippen LogP contribution < -0.4 is 0 Å². The van der Waals surface area contributed by atoms with Crippen LogP contribution in [-0.4, -0.2) is 54.3 Å². The standard InChI is InChI=1S/C18H23NO5/c20-16(21)11-14-12-19(8-10-23-14)18(22)15-7-4-9-24-17(15)13-5-2-1-3-6-13/h1-3,5-6,14-15,17H,4,7-12H2,(H,20,21)/t14-,15-,17+/m1/s1. The molecule has 130 valence electrons. The predicted octanol–water partition coefficient (Wildman–Crippen LogP) is 1.86. The van der Waals surface area contributed by atoms with E-state index in [-0.39, 0.29) is 24.3 Å². The van der Waals surface area contributed by atoms with Crippen molar-refractivity contribution in [3.63, 3.8) is 0 Å². The molecule has 0 aliphatic carbocycles. The molecule has 1 N–H and O–H groups in total. The van der Waals surface area contributed by atoms with Crippen molar-refractivity contribution in [1.29, 1.82) is 0 Å². The van der Waals surface area contributed by atoms with Gasteiger partial charge < -0.3 is 19.5 Å². The maximum atomic E-state index is 13.0. The Morgan fingerprint density at radius 2 is 1.96 bits per heavy atom. The summed E-state index contributed by atoms with van der Waals surface area (Å²) in [6.07, 6.45) is 0.919. The zero-order valence-corrected chi connectivity index (χ0v) is 13.6. The molecule has 0 bridgehead atoms. The second-order valence-electron chi connectivity index (χ2n) is 6.33. The lowest BCUT2D eigenvalue weighted by Crippen LogP contribution is -2.49. The Balaban J connectivity index is 1.71. The van der Waals surface area contributed by atoms with Crippen molar-refractivity contribution in [1.82, 2.24) is 4.90 Å². The van der Waals surface area contributed by atoms with Gasteiger partial charge in [0.05, 0.1) is 31.2 Å². The predicted molar refractivity (Wildman–Crippen MR) is 86.4 cm³/mol. The van der Waals surface area contributed by atoms with Crippen LogP contribution in [0.1, 0.15) is 30.9 Å². The van der Waals surface area contributed by atoms with Crippen LogP contribution >= 0.6 is 0 Å². The molecule has 2 aliphatic rings. The van der Waals surface area contributed by atoms with Crippen molar-refractivity contribution in [3.8, 4) is 0 Å². The van der Waals surface area contributed by atoms with Crippen molar-refractivity contribution in [2.45, 2.75) is 31.5 Å². The Morgan fingerprint density at radius 3 is 2.71 bits per heavy atom. The highest BCUT2D eigenvalue weighted by atomic mass is 16.5. The molecule has 0 saturated carbocycles. The second-order valence-corrected chi connectivity index (χ2v) is 6.33. The van der Waals surface area contributed by atoms with Crippen LogP contribution in [0.2, 0.25) is 0 Å². The molecule has 3 rings (SSSR count). The van der Waals surface area contributed by atoms with Gasteiger partial charge in [0.25, 0.3) is 0 Å². The number of morpholine rings is 1. The van der Waals surface area contributed by atoms with Crippen molar-refractivity contribution in [2.75, 3.05) is 26.3 Å². The Kier molecular flexibility index (Phi) is 5.48. The molecule has 2 saturated heterocycles. The third-order valence-electron chi connectivity index (χ3n) is 4.62. The monoisotopic (exact) mass is 333 g/mol. The molecule has 0 spiro atoms. The molecule has 6 nitrogen and oxygen atoms in total. The van der Waals surface area contributed by atoms with E-state index in [2.05, 4.69) is 0 Å². The number of rotatable bonds is 4. The van der Waals surface area contributed by atoms with Gasteiger partial charge in [0, 0.05) is 19.7 Å². The normalized spacial score (nSPS) is 27.7. The molecule has 0 aromatic heterocycles. The first-order chi connectivity index (χ1) is 11.6. The van der Waals surface area contributed by atoms with Gasteiger partial charge in [0.15, 0.2) is 0 Å². The van der Waals surface area contributed by atoms with E-state index in [0.29, 0.717) is 26.3 Å². The molecule has 1 aromatic rings. The summed E-state index contributed by atoms with van der Waals surface area (Å²) in [5.41, 5.74) is 1.02. The van der Waals surface area contributed by atoms with E-state index in [9.17, 15) is 9.59 Å². The van der Waals surface area contributed by atoms with Gasteiger partial charge in [0.1, 0.15) is 0 Å². The Labute approximate surface area is 141 Å². The van der Waals surface area contributed by atoms with Gasteiger partial charge in [-0.3, -0.25) is 9.59 Å². The number of amides is 1. The third kappa shape index (κ3) is 3.94. The summed E-state index contributed by atoms with van der Waals surface area (Å²) in [4.78, 5) is 25.6. The largest absolute Gasteiger partial charge is 0.481 e. The second kappa shape index (κ2) is 7.77. The summed E-state index contributed by atoms with van der Waals surface area (Å²) < 4.78 is 11.4. The first-order valence-electron chi connectivity index (χ1n) is 8.44. The average molecular weight is 333 g/mol. The molecule has 3 atom stereocenters. The van der Waals surface area contributed by atoms with Gasteiger partial charge in [-0.1, -0.05) is 30.3 Å². The number of carbonyl (C=O) groups is 2. The number of carbonyl (C=O) groups excluding carboxylic acids is 1. The van der Waals surface area contributed by atoms with Crippen LogP contribution in [-0.2, 0) is 19.1 Å². The summed E-state index contributed by atoms with van der Waals surface area (Å²) in [6, 6.07) is 9.83. The van der Waals surface area contributed by atoms with E-state index < -0.39 is 12.1 Å². The quantitative estimate of drug-likeness (QED) is 0.910. The SMILES string of the molecule is O=C(O)C[C@@H]1CN(C(=O)[C@@H]2CCCO[C@H]2c2ccccc2)CCO1. The lowest BCUT2D eigenvalue weighted by atomic mass is 9.88. The van der Waals surface area contributed by atoms with Gasteiger partial charge in [-0.05, 0) is 18.4 Å². The average Bonchev–Trinajstić information content (AvgIpc) is 2.61. The molecule has 0 radical (unpaired) electrons. The molecule has 1 amide bonds. The fourth-order valence-electron chi connectivity index (χ4n) is 3.48. The molecular formula is C18H23NO5. The molecule has 6 heteroatoms. The van der Waals surface area contributed by atoms with Gasteiger partial charge >= 0.3 is 5.97 Å². The van der Waals surface area contributed by atoms with E-state index in [4.69, 9.17) is 14.6 Å². The zero-order chi connectivity index (χ0) is 16.9. The first kappa shape index (κ1) is 16.9. The fraction of sp³-hybridized carbons (Fsp3) is 0.556. The summed E-state index contributed by atoms with van der Waals surface area (Å²) in [5.74, 6) is -1.08. The molecule has 2 aliphatic heterocycles. The van der Waals surface area contributed by atoms with Gasteiger partial charge in [-0.15, -0.1) is 0 Å². The maximum absolute atomic E-state index is 13.0. The number of hydrogen-bond donors (Lipinski definition) is 1. The Morgan fingerprint density at radius 1 is 1.17 bits per heavy atom. The summed E-state index contributed by atoms with van der Waals surface area (Å²) in [5, 5.41) is 8.93. The van der Waals surface area contributed by atoms with Crippen molar-refractivity contribution >= 4 is 11.9 Å². The van der Waals surface area contributed by atoms with Crippen molar-refractivity contribution < 1.29 is 24.2 Å². The zero-order valence-electron chi connectivity index (χ0n) is 13.6. The van der Waals surface area contributed by atoms with E-state index >= 15 is 0 Å². The number of ether oxygens (including phenoxy) is 2. The third-order valence-corrected chi connectivity index (χ3v) is 4.62. The van der Waals surface area contributed by atoms with Gasteiger partial charge in [-0.25, -0.2) is 0 Å². The molecule has 2 fully saturated rings. The minimum atomic E-state index is -0.905. The number of carboxylic acids is 1. The molecule has 0 unspecified atom stereocenters. The van der Waals surface area contributed by atoms with E-state index in [1.54, 1.807) is 4.90 Å². The molecule has 24 heavy (non-hydrogen) atoms. The topological polar surface area (TPSA) is 76.1 Å². The summed E-state index contributed by atoms with van der Waals surface area (Å²) >= 11 is 0. The number of nitrogens with zero attached hydrogens (tertiary/aromatic N) is 1. The molecular weight excluding hydrogens is 310 g/mol. The highest BCUT2D eigenvalue weighted by Gasteiger charge is 2.37. The van der Waals surface area contributed by atoms with Gasteiger partial charge in [0.2, 0.25) is 5.91 Å². The van der Waals surface area contributed by atoms with Crippen LogP contribution in [0.25, 0.3) is 0 Å². The van der Waals surface area contributed by atoms with E-state index in [1.165, 1.54) is 0 Å². The number of hydrogen-bond acceptors (Lipinski definition) is 4. The lowest BCUT2D eigenvalue weighted by Gasteiger charge is -2.38. The lowest BCUT2D eigenvalue weighted by molar-refractivity contribution is -0.156. The number of benzene rings is 1. The minimum Gasteiger partial charge on any atom is -0.481 e. The highest BCUT2D eigenvalue weighted by Crippen LogP contribution is 2.35. The first-order valence-corrected chi connectivity index (χ1v) is 8.44. The van der Waals surface area contributed by atoms with Crippen LogP contribution in [0.15, 0.2) is 30.3 Å². The summed E-state index contributed by atoms with van der Waals surface area (Å²) in [7, 11) is 0. The van der Waals surface area contributed by atoms with E-state index in [1.807, 2.05) is 30.3 Å². The van der Waals surface area contributed by atoms with Crippen LogP contribution in [0.3, 0.4) is 0 Å². The molecule has 2 heterocycles. The van der Waals surface area contributed by atoms with Crippen LogP contribution in [0, 0.1) is 5.92 Å². The van der Waals surface area contributed by atoms with Crippen LogP contribution in [0.4, 0.5) is 0 Å². The van der Waals surface area contributed by atoms with Crippen molar-refractivity contribution in [3.05, 3.63) is 35.9 Å². The minimum absolute atomic E-state index is 0.0437. The van der Waals surface area contributed by atoms with Crippen LogP contribution in [0.5, 0.6) is 0 Å². The maximum Gasteiger partial charge on any atom is 0.306 e. The van der Waals surface area contributed by atoms with E-state index in [0.717, 1.165) is 18.4 Å². The van der Waals surface area contributed by atoms with Crippen molar-refractivity contribution in [2.24, 2.45) is 5.92 Å².